The predicted octanol–water partition coefficient (Wildman–Crippen LogP) is 2.57. The molecule has 1 amide bonds. The van der Waals surface area contributed by atoms with Gasteiger partial charge in [-0.05, 0) is 88.7 Å². The summed E-state index contributed by atoms with van der Waals surface area (Å²) in [5, 5.41) is 0. The van der Waals surface area contributed by atoms with E-state index in [2.05, 4.69) is 4.90 Å². The topological polar surface area (TPSA) is 79.4 Å². The summed E-state index contributed by atoms with van der Waals surface area (Å²) in [4.78, 5) is 17.5. The highest BCUT2D eigenvalue weighted by Crippen LogP contribution is 2.32. The quantitative estimate of drug-likeness (QED) is 0.554. The van der Waals surface area contributed by atoms with Gasteiger partial charge in [-0.2, -0.15) is 4.31 Å². The van der Waals surface area contributed by atoms with E-state index in [-0.39, 0.29) is 25.2 Å². The van der Waals surface area contributed by atoms with Gasteiger partial charge in [-0.1, -0.05) is 0 Å². The first-order chi connectivity index (χ1) is 16.3. The summed E-state index contributed by atoms with van der Waals surface area (Å²) in [6.45, 7) is 8.27. The Morgan fingerprint density at radius 3 is 2.24 bits per heavy atom. The molecular formula is C25H39N3O5S. The van der Waals surface area contributed by atoms with Gasteiger partial charge in [0.25, 0.3) is 0 Å². The van der Waals surface area contributed by atoms with Gasteiger partial charge in [-0.25, -0.2) is 8.42 Å². The molecule has 0 aliphatic carbocycles. The number of rotatable bonds is 8. The van der Waals surface area contributed by atoms with E-state index >= 15 is 0 Å². The lowest BCUT2D eigenvalue weighted by Gasteiger charge is -2.36. The fourth-order valence-corrected chi connectivity index (χ4v) is 7.90. The summed E-state index contributed by atoms with van der Waals surface area (Å²) < 4.78 is 39.7. The second kappa shape index (κ2) is 10.9. The van der Waals surface area contributed by atoms with Gasteiger partial charge < -0.3 is 19.3 Å². The van der Waals surface area contributed by atoms with Gasteiger partial charge in [0.15, 0.2) is 0 Å². The van der Waals surface area contributed by atoms with E-state index in [4.69, 9.17) is 9.47 Å². The standard InChI is InChI=1S/C25H39N3O5S/c1-19-15-23(32-3)16-20(2)25(19)34(30,31)28-12-6-7-22(28)17-33-18-24(29)27-13-8-21(9-14-27)26-10-4-5-11-26/h15-16,21-22H,4-14,17-18H2,1-3H3. The van der Waals surface area contributed by atoms with Crippen molar-refractivity contribution in [2.75, 3.05) is 53.0 Å². The van der Waals surface area contributed by atoms with E-state index in [0.29, 0.717) is 34.4 Å². The summed E-state index contributed by atoms with van der Waals surface area (Å²) in [6.07, 6.45) is 6.17. The zero-order chi connectivity index (χ0) is 24.3. The van der Waals surface area contributed by atoms with Crippen LogP contribution in [0.25, 0.3) is 0 Å². The van der Waals surface area contributed by atoms with Gasteiger partial charge in [-0.3, -0.25) is 4.79 Å². The molecule has 190 valence electrons. The molecule has 3 fully saturated rings. The van der Waals surface area contributed by atoms with E-state index in [1.54, 1.807) is 37.4 Å². The third kappa shape index (κ3) is 5.42. The Hall–Kier alpha value is -1.68. The van der Waals surface area contributed by atoms with Crippen LogP contribution in [0.3, 0.4) is 0 Å². The van der Waals surface area contributed by atoms with Crippen molar-refractivity contribution in [2.24, 2.45) is 0 Å². The minimum absolute atomic E-state index is 0.00844. The number of aryl methyl sites for hydroxylation is 2. The van der Waals surface area contributed by atoms with Gasteiger partial charge >= 0.3 is 0 Å². The van der Waals surface area contributed by atoms with Gasteiger partial charge in [0.05, 0.1) is 18.6 Å². The number of ether oxygens (including phenoxy) is 2. The highest BCUT2D eigenvalue weighted by molar-refractivity contribution is 7.89. The molecule has 3 saturated heterocycles. The van der Waals surface area contributed by atoms with Crippen LogP contribution in [0.5, 0.6) is 5.75 Å². The number of nitrogens with zero attached hydrogens (tertiary/aromatic N) is 3. The van der Waals surface area contributed by atoms with E-state index in [1.165, 1.54) is 25.9 Å². The van der Waals surface area contributed by atoms with Crippen LogP contribution in [0.15, 0.2) is 17.0 Å². The van der Waals surface area contributed by atoms with Crippen LogP contribution in [-0.4, -0.2) is 93.6 Å². The normalized spacial score (nSPS) is 23.0. The molecule has 0 aromatic heterocycles. The molecule has 3 heterocycles. The van der Waals surface area contributed by atoms with Crippen molar-refractivity contribution in [1.29, 1.82) is 0 Å². The molecule has 1 unspecified atom stereocenters. The third-order valence-corrected chi connectivity index (χ3v) is 9.83. The minimum Gasteiger partial charge on any atom is -0.497 e. The third-order valence-electron chi connectivity index (χ3n) is 7.57. The van der Waals surface area contributed by atoms with E-state index in [0.717, 1.165) is 38.8 Å². The lowest BCUT2D eigenvalue weighted by molar-refractivity contribution is -0.138. The molecule has 0 spiro atoms. The number of hydrogen-bond donors (Lipinski definition) is 0. The first-order valence-corrected chi connectivity index (χ1v) is 14.0. The largest absolute Gasteiger partial charge is 0.497 e. The zero-order valence-corrected chi connectivity index (χ0v) is 21.6. The molecule has 1 aromatic carbocycles. The SMILES string of the molecule is COc1cc(C)c(S(=O)(=O)N2CCCC2COCC(=O)N2CCC(N3CCCC3)CC2)c(C)c1. The maximum absolute atomic E-state index is 13.5. The number of carbonyl (C=O) groups excluding carboxylic acids is 1. The number of carbonyl (C=O) groups is 1. The van der Waals surface area contributed by atoms with Gasteiger partial charge in [-0.15, -0.1) is 0 Å². The molecule has 4 rings (SSSR count). The smallest absolute Gasteiger partial charge is 0.248 e. The molecule has 3 aliphatic rings. The number of amides is 1. The molecule has 0 saturated carbocycles. The molecule has 9 heteroatoms. The van der Waals surface area contributed by atoms with Crippen LogP contribution in [-0.2, 0) is 19.6 Å². The van der Waals surface area contributed by atoms with Crippen molar-refractivity contribution in [1.82, 2.24) is 14.1 Å². The van der Waals surface area contributed by atoms with Gasteiger partial charge in [0.1, 0.15) is 12.4 Å². The second-order valence-corrected chi connectivity index (χ2v) is 11.7. The van der Waals surface area contributed by atoms with Crippen molar-refractivity contribution in [3.8, 4) is 5.75 Å². The number of sulfonamides is 1. The molecule has 0 radical (unpaired) electrons. The molecule has 0 bridgehead atoms. The highest BCUT2D eigenvalue weighted by Gasteiger charge is 2.37. The number of methoxy groups -OCH3 is 1. The first-order valence-electron chi connectivity index (χ1n) is 12.6. The van der Waals surface area contributed by atoms with Gasteiger partial charge in [0, 0.05) is 31.7 Å². The van der Waals surface area contributed by atoms with E-state index in [9.17, 15) is 13.2 Å². The molecule has 1 aromatic rings. The Bertz CT molecular complexity index is 946. The first kappa shape index (κ1) is 25.4. The van der Waals surface area contributed by atoms with Gasteiger partial charge in [0.2, 0.25) is 15.9 Å². The van der Waals surface area contributed by atoms with E-state index in [1.807, 2.05) is 4.90 Å². The Labute approximate surface area is 204 Å². The summed E-state index contributed by atoms with van der Waals surface area (Å²) in [7, 11) is -2.09. The Kier molecular flexibility index (Phi) is 8.17. The second-order valence-electron chi connectivity index (χ2n) is 9.87. The van der Waals surface area contributed by atoms with Crippen LogP contribution >= 0.6 is 0 Å². The predicted molar refractivity (Wildman–Crippen MR) is 131 cm³/mol. The molecule has 34 heavy (non-hydrogen) atoms. The molecule has 8 nitrogen and oxygen atoms in total. The highest BCUT2D eigenvalue weighted by atomic mass is 32.2. The van der Waals surface area contributed by atoms with Crippen LogP contribution < -0.4 is 4.74 Å². The van der Waals surface area contributed by atoms with Crippen LogP contribution in [0.1, 0.15) is 49.7 Å². The molecule has 0 N–H and O–H groups in total. The lowest BCUT2D eigenvalue weighted by atomic mass is 10.0. The van der Waals surface area contributed by atoms with Crippen molar-refractivity contribution in [3.63, 3.8) is 0 Å². The van der Waals surface area contributed by atoms with Crippen LogP contribution in [0.4, 0.5) is 0 Å². The van der Waals surface area contributed by atoms with Crippen molar-refractivity contribution in [2.45, 2.75) is 69.4 Å². The Morgan fingerprint density at radius 1 is 0.971 bits per heavy atom. The van der Waals surface area contributed by atoms with E-state index < -0.39 is 10.0 Å². The molecular weight excluding hydrogens is 454 g/mol. The number of piperidine rings is 1. The average Bonchev–Trinajstić information content (AvgIpc) is 3.51. The molecule has 3 aliphatic heterocycles. The summed E-state index contributed by atoms with van der Waals surface area (Å²) in [6, 6.07) is 3.87. The van der Waals surface area contributed by atoms with Crippen molar-refractivity contribution < 1.29 is 22.7 Å². The Balaban J connectivity index is 1.30. The monoisotopic (exact) mass is 493 g/mol. The minimum atomic E-state index is -3.66. The maximum Gasteiger partial charge on any atom is 0.248 e. The number of likely N-dealkylation sites (tertiary alicyclic amines) is 2. The molecule has 1 atom stereocenters. The summed E-state index contributed by atoms with van der Waals surface area (Å²) in [5.74, 6) is 0.660. The number of hydrogen-bond acceptors (Lipinski definition) is 6. The lowest BCUT2D eigenvalue weighted by Crippen LogP contribution is -2.47. The average molecular weight is 494 g/mol. The fraction of sp³-hybridized carbons (Fsp3) is 0.720. The van der Waals surface area contributed by atoms with Crippen molar-refractivity contribution in [3.05, 3.63) is 23.3 Å². The summed E-state index contributed by atoms with van der Waals surface area (Å²) in [5.41, 5.74) is 1.35. The maximum atomic E-state index is 13.5. The summed E-state index contributed by atoms with van der Waals surface area (Å²) >= 11 is 0. The zero-order valence-electron chi connectivity index (χ0n) is 20.8. The fourth-order valence-electron chi connectivity index (χ4n) is 5.81. The Morgan fingerprint density at radius 2 is 1.62 bits per heavy atom. The van der Waals surface area contributed by atoms with Crippen LogP contribution in [0, 0.1) is 13.8 Å². The number of benzene rings is 1. The van der Waals surface area contributed by atoms with Crippen LogP contribution in [0.2, 0.25) is 0 Å². The van der Waals surface area contributed by atoms with Crippen molar-refractivity contribution >= 4 is 15.9 Å².